The zero-order valence-electron chi connectivity index (χ0n) is 17.1. The standard InChI is InChI=1S/C23H27NO5/c1-15(2)22(23(26)27)24-21(25)12-10-17-9-11-19(20(13-17)28-4)29-14-18-8-6-5-7-16(18)3/h5-13,15,22H,14H2,1-4H3,(H,24,25)(H,26,27)/b12-10+/t22-/m1/s1. The Bertz CT molecular complexity index is 889. The molecule has 2 aromatic carbocycles. The van der Waals surface area contributed by atoms with Crippen LogP contribution in [0.1, 0.15) is 30.5 Å². The average Bonchev–Trinajstić information content (AvgIpc) is 2.69. The van der Waals surface area contributed by atoms with Crippen LogP contribution in [0.3, 0.4) is 0 Å². The van der Waals surface area contributed by atoms with Crippen molar-refractivity contribution in [1.29, 1.82) is 0 Å². The molecule has 6 nitrogen and oxygen atoms in total. The maximum atomic E-state index is 12.0. The maximum Gasteiger partial charge on any atom is 0.326 e. The van der Waals surface area contributed by atoms with Crippen molar-refractivity contribution < 1.29 is 24.2 Å². The molecule has 0 spiro atoms. The fourth-order valence-electron chi connectivity index (χ4n) is 2.72. The van der Waals surface area contributed by atoms with Crippen LogP contribution in [0.2, 0.25) is 0 Å². The summed E-state index contributed by atoms with van der Waals surface area (Å²) in [6, 6.07) is 12.4. The van der Waals surface area contributed by atoms with E-state index in [1.165, 1.54) is 6.08 Å². The van der Waals surface area contributed by atoms with Crippen molar-refractivity contribution in [3.8, 4) is 11.5 Å². The van der Waals surface area contributed by atoms with Gasteiger partial charge >= 0.3 is 5.97 Å². The Labute approximate surface area is 171 Å². The van der Waals surface area contributed by atoms with Gasteiger partial charge in [0.15, 0.2) is 11.5 Å². The van der Waals surface area contributed by atoms with Gasteiger partial charge in [-0.3, -0.25) is 4.79 Å². The first-order chi connectivity index (χ1) is 13.8. The van der Waals surface area contributed by atoms with Gasteiger partial charge in [-0.25, -0.2) is 4.79 Å². The van der Waals surface area contributed by atoms with Gasteiger partial charge in [-0.1, -0.05) is 44.2 Å². The smallest absolute Gasteiger partial charge is 0.326 e. The van der Waals surface area contributed by atoms with Crippen LogP contribution in [-0.2, 0) is 16.2 Å². The number of aliphatic carboxylic acids is 1. The lowest BCUT2D eigenvalue weighted by atomic mass is 10.0. The highest BCUT2D eigenvalue weighted by atomic mass is 16.5. The van der Waals surface area contributed by atoms with Crippen molar-refractivity contribution in [2.75, 3.05) is 7.11 Å². The molecule has 0 aliphatic heterocycles. The Hall–Kier alpha value is -3.28. The molecule has 0 aliphatic rings. The molecule has 0 unspecified atom stereocenters. The van der Waals surface area contributed by atoms with E-state index >= 15 is 0 Å². The number of carbonyl (C=O) groups excluding carboxylic acids is 1. The number of rotatable bonds is 9. The van der Waals surface area contributed by atoms with Gasteiger partial charge in [0, 0.05) is 6.08 Å². The summed E-state index contributed by atoms with van der Waals surface area (Å²) in [6.07, 6.45) is 2.91. The van der Waals surface area contributed by atoms with E-state index in [2.05, 4.69) is 5.32 Å². The quantitative estimate of drug-likeness (QED) is 0.629. The molecule has 0 aliphatic carbocycles. The van der Waals surface area contributed by atoms with Crippen molar-refractivity contribution in [2.24, 2.45) is 5.92 Å². The molecule has 2 aromatic rings. The lowest BCUT2D eigenvalue weighted by Crippen LogP contribution is -2.43. The molecule has 2 rings (SSSR count). The number of ether oxygens (including phenoxy) is 2. The van der Waals surface area contributed by atoms with E-state index in [1.807, 2.05) is 31.2 Å². The maximum absolute atomic E-state index is 12.0. The summed E-state index contributed by atoms with van der Waals surface area (Å²) >= 11 is 0. The SMILES string of the molecule is COc1cc(/C=C/C(=O)N[C@@H](C(=O)O)C(C)C)ccc1OCc1ccccc1C. The van der Waals surface area contributed by atoms with Crippen LogP contribution in [0.25, 0.3) is 6.08 Å². The summed E-state index contributed by atoms with van der Waals surface area (Å²) in [4.78, 5) is 23.2. The highest BCUT2D eigenvalue weighted by molar-refractivity contribution is 5.94. The molecule has 0 radical (unpaired) electrons. The molecule has 0 fully saturated rings. The Kier molecular flexibility index (Phi) is 7.83. The molecule has 0 saturated heterocycles. The third-order valence-electron chi connectivity index (χ3n) is 4.49. The number of carboxylic acids is 1. The van der Waals surface area contributed by atoms with Crippen LogP contribution < -0.4 is 14.8 Å². The van der Waals surface area contributed by atoms with E-state index in [0.29, 0.717) is 18.1 Å². The van der Waals surface area contributed by atoms with Crippen molar-refractivity contribution in [1.82, 2.24) is 5.32 Å². The molecule has 1 amide bonds. The van der Waals surface area contributed by atoms with Crippen LogP contribution in [-0.4, -0.2) is 30.1 Å². The number of methoxy groups -OCH3 is 1. The van der Waals surface area contributed by atoms with Crippen molar-refractivity contribution in [3.05, 3.63) is 65.2 Å². The van der Waals surface area contributed by atoms with Gasteiger partial charge in [-0.05, 0) is 47.7 Å². The fourth-order valence-corrected chi connectivity index (χ4v) is 2.72. The summed E-state index contributed by atoms with van der Waals surface area (Å²) in [7, 11) is 1.55. The van der Waals surface area contributed by atoms with Crippen molar-refractivity contribution in [3.63, 3.8) is 0 Å². The Morgan fingerprint density at radius 2 is 1.86 bits per heavy atom. The minimum absolute atomic E-state index is 0.213. The number of amides is 1. The molecule has 0 heterocycles. The first-order valence-electron chi connectivity index (χ1n) is 9.38. The highest BCUT2D eigenvalue weighted by Crippen LogP contribution is 2.29. The number of aryl methyl sites for hydroxylation is 1. The van der Waals surface area contributed by atoms with E-state index in [4.69, 9.17) is 14.6 Å². The first kappa shape index (κ1) is 22.0. The summed E-state index contributed by atoms with van der Waals surface area (Å²) in [5, 5.41) is 11.6. The van der Waals surface area contributed by atoms with Gasteiger partial charge in [0.05, 0.1) is 7.11 Å². The lowest BCUT2D eigenvalue weighted by molar-refractivity contribution is -0.142. The number of hydrogen-bond acceptors (Lipinski definition) is 4. The minimum Gasteiger partial charge on any atom is -0.493 e. The number of carboxylic acid groups (broad SMARTS) is 1. The van der Waals surface area contributed by atoms with Gasteiger partial charge in [0.25, 0.3) is 0 Å². The Balaban J connectivity index is 2.05. The summed E-state index contributed by atoms with van der Waals surface area (Å²) in [5.74, 6) is -0.590. The highest BCUT2D eigenvalue weighted by Gasteiger charge is 2.22. The van der Waals surface area contributed by atoms with Gasteiger partial charge < -0.3 is 19.9 Å². The van der Waals surface area contributed by atoms with Crippen LogP contribution >= 0.6 is 0 Å². The fraction of sp³-hybridized carbons (Fsp3) is 0.304. The van der Waals surface area contributed by atoms with Crippen molar-refractivity contribution in [2.45, 2.75) is 33.4 Å². The van der Waals surface area contributed by atoms with Gasteiger partial charge in [-0.2, -0.15) is 0 Å². The molecular formula is C23H27NO5. The molecule has 0 saturated carbocycles. The second-order valence-electron chi connectivity index (χ2n) is 7.03. The first-order valence-corrected chi connectivity index (χ1v) is 9.38. The topological polar surface area (TPSA) is 84.9 Å². The third-order valence-corrected chi connectivity index (χ3v) is 4.49. The monoisotopic (exact) mass is 397 g/mol. The van der Waals surface area contributed by atoms with Crippen LogP contribution in [0.4, 0.5) is 0 Å². The van der Waals surface area contributed by atoms with E-state index < -0.39 is 17.9 Å². The van der Waals surface area contributed by atoms with Crippen LogP contribution in [0.5, 0.6) is 11.5 Å². The summed E-state index contributed by atoms with van der Waals surface area (Å²) in [5.41, 5.74) is 2.98. The Morgan fingerprint density at radius 1 is 1.14 bits per heavy atom. The van der Waals surface area contributed by atoms with Gasteiger partial charge in [0.2, 0.25) is 5.91 Å². The summed E-state index contributed by atoms with van der Waals surface area (Å²) in [6.45, 7) is 5.93. The van der Waals surface area contributed by atoms with E-state index in [9.17, 15) is 9.59 Å². The van der Waals surface area contributed by atoms with Gasteiger partial charge in [0.1, 0.15) is 12.6 Å². The van der Waals surface area contributed by atoms with E-state index in [-0.39, 0.29) is 5.92 Å². The zero-order valence-corrected chi connectivity index (χ0v) is 17.1. The number of nitrogens with one attached hydrogen (secondary N) is 1. The average molecular weight is 397 g/mol. The molecule has 29 heavy (non-hydrogen) atoms. The second-order valence-corrected chi connectivity index (χ2v) is 7.03. The predicted molar refractivity (Wildman–Crippen MR) is 112 cm³/mol. The zero-order chi connectivity index (χ0) is 21.4. The molecule has 6 heteroatoms. The van der Waals surface area contributed by atoms with Gasteiger partial charge in [-0.15, -0.1) is 0 Å². The summed E-state index contributed by atoms with van der Waals surface area (Å²) < 4.78 is 11.3. The molecule has 0 bridgehead atoms. The predicted octanol–water partition coefficient (Wildman–Crippen LogP) is 3.82. The molecule has 0 aromatic heterocycles. The van der Waals surface area contributed by atoms with Crippen LogP contribution in [0.15, 0.2) is 48.5 Å². The van der Waals surface area contributed by atoms with Crippen LogP contribution in [0, 0.1) is 12.8 Å². The Morgan fingerprint density at radius 3 is 2.48 bits per heavy atom. The molecular weight excluding hydrogens is 370 g/mol. The molecule has 1 atom stereocenters. The number of benzene rings is 2. The molecule has 154 valence electrons. The number of hydrogen-bond donors (Lipinski definition) is 2. The van der Waals surface area contributed by atoms with E-state index in [0.717, 1.165) is 16.7 Å². The number of carbonyl (C=O) groups is 2. The second kappa shape index (κ2) is 10.3. The normalized spacial score (nSPS) is 12.0. The van der Waals surface area contributed by atoms with E-state index in [1.54, 1.807) is 45.2 Å². The minimum atomic E-state index is -1.06. The lowest BCUT2D eigenvalue weighted by Gasteiger charge is -2.16. The third kappa shape index (κ3) is 6.38. The van der Waals surface area contributed by atoms with Crippen molar-refractivity contribution >= 4 is 18.0 Å². The largest absolute Gasteiger partial charge is 0.493 e. The molecule has 2 N–H and O–H groups in total.